The first-order valence-electron chi connectivity index (χ1n) is 10.9. The molecule has 184 valence electrons. The Hall–Kier alpha value is -3.44. The van der Waals surface area contributed by atoms with Crippen molar-refractivity contribution in [1.82, 2.24) is 9.88 Å². The van der Waals surface area contributed by atoms with Crippen LogP contribution in [0, 0.1) is 5.82 Å². The molecule has 1 fully saturated rings. The van der Waals surface area contributed by atoms with Gasteiger partial charge in [-0.3, -0.25) is 4.79 Å². The number of benzene rings is 2. The summed E-state index contributed by atoms with van der Waals surface area (Å²) in [5.74, 6) is -2.09. The second kappa shape index (κ2) is 8.65. The molecule has 1 amide bonds. The van der Waals surface area contributed by atoms with Gasteiger partial charge in [0, 0.05) is 23.1 Å². The van der Waals surface area contributed by atoms with Crippen molar-refractivity contribution in [2.45, 2.75) is 32.0 Å². The highest BCUT2D eigenvalue weighted by Crippen LogP contribution is 2.39. The number of halogens is 4. The van der Waals surface area contributed by atoms with Gasteiger partial charge in [0.25, 0.3) is 5.91 Å². The molecule has 3 heterocycles. The van der Waals surface area contributed by atoms with Crippen LogP contribution in [0.2, 0.25) is 0 Å². The number of amides is 1. The molecule has 1 saturated heterocycles. The summed E-state index contributed by atoms with van der Waals surface area (Å²) in [4.78, 5) is 19.5. The van der Waals surface area contributed by atoms with Gasteiger partial charge in [-0.15, -0.1) is 13.2 Å². The Morgan fingerprint density at radius 1 is 1.23 bits per heavy atom. The van der Waals surface area contributed by atoms with Crippen LogP contribution in [0.15, 0.2) is 36.4 Å². The van der Waals surface area contributed by atoms with Gasteiger partial charge in [0.05, 0.1) is 37.5 Å². The van der Waals surface area contributed by atoms with E-state index in [0.29, 0.717) is 23.5 Å². The number of nitrogens with two attached hydrogens (primary N) is 1. The first kappa shape index (κ1) is 23.3. The first-order valence-corrected chi connectivity index (χ1v) is 10.9. The molecule has 2 atom stereocenters. The number of morpholine rings is 1. The average molecular weight is 491 g/mol. The first-order chi connectivity index (χ1) is 16.6. The highest BCUT2D eigenvalue weighted by atomic mass is 19.4. The second-order valence-electron chi connectivity index (χ2n) is 8.40. The van der Waals surface area contributed by atoms with Crippen LogP contribution in [0.25, 0.3) is 10.9 Å². The minimum absolute atomic E-state index is 0.0370. The Kier molecular flexibility index (Phi) is 5.76. The largest absolute Gasteiger partial charge is 0.573 e. The van der Waals surface area contributed by atoms with E-state index in [2.05, 4.69) is 9.72 Å². The number of pyridine rings is 1. The van der Waals surface area contributed by atoms with Gasteiger partial charge in [-0.1, -0.05) is 6.07 Å². The summed E-state index contributed by atoms with van der Waals surface area (Å²) in [6.45, 7) is 2.71. The molecule has 5 rings (SSSR count). The van der Waals surface area contributed by atoms with Crippen molar-refractivity contribution in [3.8, 4) is 5.75 Å². The van der Waals surface area contributed by atoms with Gasteiger partial charge in [0.1, 0.15) is 5.82 Å². The van der Waals surface area contributed by atoms with Crippen molar-refractivity contribution in [2.75, 3.05) is 25.5 Å². The summed E-state index contributed by atoms with van der Waals surface area (Å²) in [7, 11) is 0. The molecule has 2 N–H and O–H groups in total. The Bertz CT molecular complexity index is 1310. The summed E-state index contributed by atoms with van der Waals surface area (Å²) in [5, 5.41) is 0.747. The number of fused-ring (bicyclic) bond motifs is 3. The number of aromatic nitrogens is 1. The van der Waals surface area contributed by atoms with E-state index in [-0.39, 0.29) is 37.3 Å². The van der Waals surface area contributed by atoms with Gasteiger partial charge in [-0.25, -0.2) is 9.37 Å². The predicted octanol–water partition coefficient (Wildman–Crippen LogP) is 4.66. The third-order valence-corrected chi connectivity index (χ3v) is 6.25. The Morgan fingerprint density at radius 2 is 2.03 bits per heavy atom. The Balaban J connectivity index is 1.50. The highest BCUT2D eigenvalue weighted by Gasteiger charge is 2.35. The number of carbonyl (C=O) groups excluding carboxylic acids is 1. The van der Waals surface area contributed by atoms with Crippen LogP contribution in [0.1, 0.15) is 46.1 Å². The average Bonchev–Trinajstić information content (AvgIpc) is 3.21. The number of nitrogen functional groups attached to an aromatic ring is 1. The molecule has 2 aliphatic heterocycles. The molecule has 0 radical (unpaired) electrons. The van der Waals surface area contributed by atoms with Crippen molar-refractivity contribution in [3.63, 3.8) is 0 Å². The number of ether oxygens (including phenoxy) is 3. The number of anilines is 1. The van der Waals surface area contributed by atoms with Crippen LogP contribution >= 0.6 is 0 Å². The lowest BCUT2D eigenvalue weighted by Crippen LogP contribution is -2.43. The van der Waals surface area contributed by atoms with Crippen LogP contribution < -0.4 is 10.5 Å². The topological polar surface area (TPSA) is 86.9 Å². The smallest absolute Gasteiger partial charge is 0.403 e. The molecule has 11 heteroatoms. The van der Waals surface area contributed by atoms with Crippen molar-refractivity contribution in [2.24, 2.45) is 0 Å². The third kappa shape index (κ3) is 4.37. The van der Waals surface area contributed by atoms with Gasteiger partial charge >= 0.3 is 6.36 Å². The van der Waals surface area contributed by atoms with E-state index < -0.39 is 24.0 Å². The fraction of sp³-hybridized carbons (Fsp3) is 0.333. The van der Waals surface area contributed by atoms with Crippen molar-refractivity contribution in [1.29, 1.82) is 0 Å². The summed E-state index contributed by atoms with van der Waals surface area (Å²) >= 11 is 0. The van der Waals surface area contributed by atoms with E-state index in [9.17, 15) is 22.4 Å². The number of rotatable bonds is 3. The van der Waals surface area contributed by atoms with Crippen molar-refractivity contribution >= 4 is 22.6 Å². The Labute approximate surface area is 197 Å². The number of carbonyl (C=O) groups is 1. The normalized spacial score (nSPS) is 20.2. The molecule has 7 nitrogen and oxygen atoms in total. The lowest BCUT2D eigenvalue weighted by molar-refractivity contribution is -0.275. The van der Waals surface area contributed by atoms with E-state index in [1.807, 2.05) is 6.92 Å². The summed E-state index contributed by atoms with van der Waals surface area (Å²) in [5.41, 5.74) is 9.03. The second-order valence-corrected chi connectivity index (χ2v) is 8.40. The van der Waals surface area contributed by atoms with Crippen LogP contribution in [0.3, 0.4) is 0 Å². The quantitative estimate of drug-likeness (QED) is 0.537. The van der Waals surface area contributed by atoms with E-state index in [0.717, 1.165) is 28.6 Å². The number of hydrogen-bond donors (Lipinski definition) is 1. The van der Waals surface area contributed by atoms with E-state index >= 15 is 0 Å². The lowest BCUT2D eigenvalue weighted by Gasteiger charge is -2.36. The van der Waals surface area contributed by atoms with Crippen molar-refractivity contribution < 1.29 is 36.6 Å². The molecule has 0 aliphatic carbocycles. The number of nitrogens with zero attached hydrogens (tertiary/aromatic N) is 2. The molecule has 0 saturated carbocycles. The van der Waals surface area contributed by atoms with Gasteiger partial charge in [0.15, 0.2) is 11.6 Å². The van der Waals surface area contributed by atoms with Gasteiger partial charge in [-0.2, -0.15) is 0 Å². The molecule has 2 aliphatic rings. The summed E-state index contributed by atoms with van der Waals surface area (Å²) in [6, 6.07) is 7.45. The van der Waals surface area contributed by atoms with Crippen LogP contribution in [0.5, 0.6) is 5.75 Å². The zero-order chi connectivity index (χ0) is 24.9. The molecular weight excluding hydrogens is 470 g/mol. The number of alkyl halides is 3. The maximum absolute atomic E-state index is 13.9. The molecule has 0 spiro atoms. The maximum atomic E-state index is 13.9. The maximum Gasteiger partial charge on any atom is 0.573 e. The lowest BCUT2D eigenvalue weighted by atomic mass is 9.99. The fourth-order valence-corrected chi connectivity index (χ4v) is 4.62. The zero-order valence-corrected chi connectivity index (χ0v) is 18.6. The van der Waals surface area contributed by atoms with E-state index in [1.165, 1.54) is 11.0 Å². The van der Waals surface area contributed by atoms with Crippen LogP contribution in [-0.2, 0) is 16.1 Å². The summed E-state index contributed by atoms with van der Waals surface area (Å²) < 4.78 is 67.0. The standard InChI is InChI=1S/C24H21F4N3O4/c1-12-21-16(10-34-12)15-8-14(3-5-18(15)30-22(21)29)23(32)31-6-7-33-11-19(31)13-2-4-17(25)20(9-13)35-24(26,27)28/h2-5,8-9,12,19H,6-7,10-11H2,1H3,(H2,29,30)/t12-,19+/m1/s1. The molecule has 35 heavy (non-hydrogen) atoms. The van der Waals surface area contributed by atoms with Crippen LogP contribution in [-0.4, -0.2) is 41.9 Å². The zero-order valence-electron chi connectivity index (χ0n) is 18.6. The monoisotopic (exact) mass is 491 g/mol. The van der Waals surface area contributed by atoms with Crippen LogP contribution in [0.4, 0.5) is 23.4 Å². The SMILES string of the molecule is C[C@H]1OCc2c1c(N)nc1ccc(C(=O)N3CCOC[C@H]3c3ccc(F)c(OC(F)(F)F)c3)cc21. The van der Waals surface area contributed by atoms with Crippen molar-refractivity contribution in [3.05, 3.63) is 64.5 Å². The van der Waals surface area contributed by atoms with Gasteiger partial charge in [-0.05, 0) is 48.4 Å². The molecule has 0 unspecified atom stereocenters. The van der Waals surface area contributed by atoms with E-state index in [4.69, 9.17) is 15.2 Å². The molecular formula is C24H21F4N3O4. The number of hydrogen-bond acceptors (Lipinski definition) is 6. The molecule has 1 aromatic heterocycles. The fourth-order valence-electron chi connectivity index (χ4n) is 4.62. The molecule has 2 aromatic carbocycles. The third-order valence-electron chi connectivity index (χ3n) is 6.25. The minimum atomic E-state index is -5.05. The highest BCUT2D eigenvalue weighted by molar-refractivity contribution is 5.99. The minimum Gasteiger partial charge on any atom is -0.403 e. The van der Waals surface area contributed by atoms with Gasteiger partial charge < -0.3 is 24.8 Å². The summed E-state index contributed by atoms with van der Waals surface area (Å²) in [6.07, 6.45) is -5.27. The molecule has 3 aromatic rings. The Morgan fingerprint density at radius 3 is 2.80 bits per heavy atom. The predicted molar refractivity (Wildman–Crippen MR) is 117 cm³/mol. The van der Waals surface area contributed by atoms with Gasteiger partial charge in [0.2, 0.25) is 0 Å². The molecule has 0 bridgehead atoms. The van der Waals surface area contributed by atoms with E-state index in [1.54, 1.807) is 18.2 Å².